The number of halogens is 1. The van der Waals surface area contributed by atoms with E-state index in [2.05, 4.69) is 30.0 Å². The van der Waals surface area contributed by atoms with E-state index >= 15 is 0 Å². The van der Waals surface area contributed by atoms with Crippen LogP contribution in [0, 0.1) is 0 Å². The Morgan fingerprint density at radius 1 is 1.29 bits per heavy atom. The highest BCUT2D eigenvalue weighted by molar-refractivity contribution is 6.31. The summed E-state index contributed by atoms with van der Waals surface area (Å²) < 4.78 is 0. The first-order valence-electron chi connectivity index (χ1n) is 4.75. The van der Waals surface area contributed by atoms with E-state index in [9.17, 15) is 0 Å². The minimum absolute atomic E-state index is 0.647. The molecule has 78 valence electrons. The fourth-order valence-corrected chi connectivity index (χ4v) is 1.53. The molecule has 3 heteroatoms. The summed E-state index contributed by atoms with van der Waals surface area (Å²) in [6, 6.07) is 0. The number of hydrogen-bond donors (Lipinski definition) is 0. The average molecular weight is 213 g/mol. The maximum absolute atomic E-state index is 5.85. The maximum atomic E-state index is 5.85. The van der Waals surface area contributed by atoms with Crippen LogP contribution >= 0.6 is 11.6 Å². The molecule has 1 rings (SSSR count). The molecule has 0 atom stereocenters. The van der Waals surface area contributed by atoms with Crippen molar-refractivity contribution in [2.75, 3.05) is 33.2 Å². The number of allylic oxidation sites excluding steroid dienone is 3. The van der Waals surface area contributed by atoms with Crippen molar-refractivity contribution in [2.24, 2.45) is 0 Å². The van der Waals surface area contributed by atoms with Crippen molar-refractivity contribution in [1.29, 1.82) is 0 Å². The molecule has 1 aliphatic rings. The fourth-order valence-electron chi connectivity index (χ4n) is 1.40. The third-order valence-electron chi connectivity index (χ3n) is 2.41. The minimum Gasteiger partial charge on any atom is -0.369 e. The number of likely N-dealkylation sites (N-methyl/N-ethyl adjacent to an activating group) is 1. The van der Waals surface area contributed by atoms with E-state index < -0.39 is 0 Å². The standard InChI is InChI=1S/C11H17ClN2/c1-4-11(12)9-10(2)14-7-5-13(3)6-8-14/h4,9H,1-2,5-8H2,3H3/b11-9+. The number of hydrogen-bond acceptors (Lipinski definition) is 2. The second-order valence-corrected chi connectivity index (χ2v) is 3.95. The molecule has 0 aromatic rings. The monoisotopic (exact) mass is 212 g/mol. The molecule has 2 nitrogen and oxygen atoms in total. The molecule has 0 bridgehead atoms. The van der Waals surface area contributed by atoms with Crippen molar-refractivity contribution < 1.29 is 0 Å². The molecule has 0 aromatic heterocycles. The van der Waals surface area contributed by atoms with Crippen LogP contribution in [0.3, 0.4) is 0 Å². The molecule has 14 heavy (non-hydrogen) atoms. The van der Waals surface area contributed by atoms with Crippen LogP contribution in [0.25, 0.3) is 0 Å². The van der Waals surface area contributed by atoms with Gasteiger partial charge in [-0.05, 0) is 13.1 Å². The summed E-state index contributed by atoms with van der Waals surface area (Å²) in [7, 11) is 2.13. The van der Waals surface area contributed by atoms with E-state index in [1.807, 2.05) is 6.08 Å². The van der Waals surface area contributed by atoms with E-state index in [0.717, 1.165) is 31.9 Å². The predicted molar refractivity (Wildman–Crippen MR) is 62.3 cm³/mol. The normalized spacial score (nSPS) is 19.6. The summed E-state index contributed by atoms with van der Waals surface area (Å²) in [5.41, 5.74) is 0.975. The first kappa shape index (κ1) is 11.3. The summed E-state index contributed by atoms with van der Waals surface area (Å²) >= 11 is 5.85. The lowest BCUT2D eigenvalue weighted by Crippen LogP contribution is -2.43. The van der Waals surface area contributed by atoms with Gasteiger partial charge in [-0.25, -0.2) is 0 Å². The smallest absolute Gasteiger partial charge is 0.0420 e. The maximum Gasteiger partial charge on any atom is 0.0420 e. The van der Waals surface area contributed by atoms with Gasteiger partial charge < -0.3 is 9.80 Å². The molecule has 0 radical (unpaired) electrons. The van der Waals surface area contributed by atoms with Crippen LogP contribution in [-0.4, -0.2) is 43.0 Å². The lowest BCUT2D eigenvalue weighted by molar-refractivity contribution is 0.190. The number of nitrogens with zero attached hydrogens (tertiary/aromatic N) is 2. The molecule has 1 saturated heterocycles. The Bertz CT molecular complexity index is 250. The van der Waals surface area contributed by atoms with E-state index in [-0.39, 0.29) is 0 Å². The van der Waals surface area contributed by atoms with Gasteiger partial charge in [-0.1, -0.05) is 30.8 Å². The highest BCUT2D eigenvalue weighted by Crippen LogP contribution is 2.12. The molecule has 0 aromatic carbocycles. The summed E-state index contributed by atoms with van der Waals surface area (Å²) in [5.74, 6) is 0. The van der Waals surface area contributed by atoms with Crippen molar-refractivity contribution in [3.63, 3.8) is 0 Å². The molecule has 0 saturated carbocycles. The molecule has 0 amide bonds. The van der Waals surface area contributed by atoms with Crippen molar-refractivity contribution in [1.82, 2.24) is 9.80 Å². The zero-order chi connectivity index (χ0) is 10.6. The van der Waals surface area contributed by atoms with E-state index in [1.54, 1.807) is 6.08 Å². The summed E-state index contributed by atoms with van der Waals surface area (Å²) in [4.78, 5) is 4.55. The Kier molecular flexibility index (Phi) is 4.23. The SMILES string of the molecule is C=C/C(Cl)=C\C(=C)N1CCN(C)CC1. The van der Waals surface area contributed by atoms with Crippen LogP contribution < -0.4 is 0 Å². The Morgan fingerprint density at radius 3 is 2.36 bits per heavy atom. The van der Waals surface area contributed by atoms with Crippen LogP contribution in [0.1, 0.15) is 0 Å². The van der Waals surface area contributed by atoms with Gasteiger partial charge in [0, 0.05) is 36.9 Å². The average Bonchev–Trinajstić information content (AvgIpc) is 2.18. The van der Waals surface area contributed by atoms with Crippen LogP contribution in [0.15, 0.2) is 36.0 Å². The van der Waals surface area contributed by atoms with Crippen molar-refractivity contribution >= 4 is 11.6 Å². The highest BCUT2D eigenvalue weighted by Gasteiger charge is 2.13. The van der Waals surface area contributed by atoms with Gasteiger partial charge in [0.2, 0.25) is 0 Å². The van der Waals surface area contributed by atoms with Gasteiger partial charge in [0.25, 0.3) is 0 Å². The Morgan fingerprint density at radius 2 is 1.86 bits per heavy atom. The van der Waals surface area contributed by atoms with E-state index in [4.69, 9.17) is 11.6 Å². The molecule has 1 heterocycles. The fraction of sp³-hybridized carbons (Fsp3) is 0.455. The van der Waals surface area contributed by atoms with Crippen LogP contribution in [0.5, 0.6) is 0 Å². The third kappa shape index (κ3) is 3.20. The zero-order valence-electron chi connectivity index (χ0n) is 8.67. The minimum atomic E-state index is 0.647. The largest absolute Gasteiger partial charge is 0.369 e. The van der Waals surface area contributed by atoms with Gasteiger partial charge in [-0.3, -0.25) is 0 Å². The Hall–Kier alpha value is -0.730. The van der Waals surface area contributed by atoms with Gasteiger partial charge in [-0.15, -0.1) is 0 Å². The lowest BCUT2D eigenvalue weighted by Gasteiger charge is -2.34. The topological polar surface area (TPSA) is 6.48 Å². The molecule has 1 fully saturated rings. The van der Waals surface area contributed by atoms with Gasteiger partial charge in [-0.2, -0.15) is 0 Å². The summed E-state index contributed by atoms with van der Waals surface area (Å²) in [6.45, 7) is 11.8. The predicted octanol–water partition coefficient (Wildman–Crippen LogP) is 2.06. The van der Waals surface area contributed by atoms with Gasteiger partial charge in [0.05, 0.1) is 0 Å². The molecule has 0 aliphatic carbocycles. The van der Waals surface area contributed by atoms with E-state index in [0.29, 0.717) is 5.03 Å². The highest BCUT2D eigenvalue weighted by atomic mass is 35.5. The molecular formula is C11H17ClN2. The summed E-state index contributed by atoms with van der Waals surface area (Å²) in [5, 5.41) is 0.647. The second kappa shape index (κ2) is 5.23. The van der Waals surface area contributed by atoms with E-state index in [1.165, 1.54) is 0 Å². The van der Waals surface area contributed by atoms with Crippen LogP contribution in [0.4, 0.5) is 0 Å². The molecular weight excluding hydrogens is 196 g/mol. The van der Waals surface area contributed by atoms with Gasteiger partial charge in [0.15, 0.2) is 0 Å². The Balaban J connectivity index is 2.50. The number of rotatable bonds is 3. The quantitative estimate of drug-likeness (QED) is 0.661. The van der Waals surface area contributed by atoms with Crippen LogP contribution in [0.2, 0.25) is 0 Å². The second-order valence-electron chi connectivity index (χ2n) is 3.52. The van der Waals surface area contributed by atoms with Crippen LogP contribution in [-0.2, 0) is 0 Å². The van der Waals surface area contributed by atoms with Crippen molar-refractivity contribution in [3.8, 4) is 0 Å². The Labute approximate surface area is 91.1 Å². The van der Waals surface area contributed by atoms with Gasteiger partial charge >= 0.3 is 0 Å². The van der Waals surface area contributed by atoms with Gasteiger partial charge in [0.1, 0.15) is 0 Å². The lowest BCUT2D eigenvalue weighted by atomic mass is 10.3. The summed E-state index contributed by atoms with van der Waals surface area (Å²) in [6.07, 6.45) is 3.49. The van der Waals surface area contributed by atoms with Crippen molar-refractivity contribution in [3.05, 3.63) is 36.0 Å². The number of piperazine rings is 1. The first-order chi connectivity index (χ1) is 6.63. The molecule has 0 unspecified atom stereocenters. The molecule has 1 aliphatic heterocycles. The molecule has 0 spiro atoms. The first-order valence-corrected chi connectivity index (χ1v) is 5.13. The third-order valence-corrected chi connectivity index (χ3v) is 2.67. The van der Waals surface area contributed by atoms with Crippen molar-refractivity contribution in [2.45, 2.75) is 0 Å². The zero-order valence-corrected chi connectivity index (χ0v) is 9.43. The molecule has 0 N–H and O–H groups in total.